The standard InChI is InChI=1S/C12H11BrFNO2/c1-17-11-9(5-8(14)6-10(11)13)12(15-7-16)3-2-4-12/h5-6H,2-4H2,1H3. The SMILES string of the molecule is COc1c(Br)cc(F)cc1C1(N=C=O)CCC1. The van der Waals surface area contributed by atoms with Gasteiger partial charge in [-0.3, -0.25) is 0 Å². The van der Waals surface area contributed by atoms with E-state index in [1.165, 1.54) is 19.2 Å². The summed E-state index contributed by atoms with van der Waals surface area (Å²) in [4.78, 5) is 14.4. The van der Waals surface area contributed by atoms with Crippen molar-refractivity contribution in [2.75, 3.05) is 7.11 Å². The van der Waals surface area contributed by atoms with Crippen molar-refractivity contribution in [1.29, 1.82) is 0 Å². The Kier molecular flexibility index (Phi) is 3.31. The van der Waals surface area contributed by atoms with Gasteiger partial charge in [0.05, 0.1) is 11.6 Å². The molecular weight excluding hydrogens is 289 g/mol. The van der Waals surface area contributed by atoms with Crippen LogP contribution in [0.25, 0.3) is 0 Å². The van der Waals surface area contributed by atoms with Gasteiger partial charge < -0.3 is 4.74 Å². The van der Waals surface area contributed by atoms with E-state index >= 15 is 0 Å². The lowest BCUT2D eigenvalue weighted by molar-refractivity contribution is 0.244. The minimum atomic E-state index is -0.655. The van der Waals surface area contributed by atoms with Crippen LogP contribution in [0, 0.1) is 5.82 Å². The molecule has 1 aliphatic carbocycles. The first kappa shape index (κ1) is 12.3. The Hall–Kier alpha value is -1.19. The molecule has 90 valence electrons. The number of aliphatic imine (C=N–C) groups is 1. The van der Waals surface area contributed by atoms with Crippen molar-refractivity contribution in [2.24, 2.45) is 4.99 Å². The van der Waals surface area contributed by atoms with Crippen molar-refractivity contribution in [3.8, 4) is 5.75 Å². The Bertz CT molecular complexity index is 494. The highest BCUT2D eigenvalue weighted by molar-refractivity contribution is 9.10. The van der Waals surface area contributed by atoms with Gasteiger partial charge in [0, 0.05) is 5.56 Å². The summed E-state index contributed by atoms with van der Waals surface area (Å²) >= 11 is 3.25. The summed E-state index contributed by atoms with van der Waals surface area (Å²) in [5, 5.41) is 0. The van der Waals surface area contributed by atoms with Crippen molar-refractivity contribution in [1.82, 2.24) is 0 Å². The summed E-state index contributed by atoms with van der Waals surface area (Å²) in [7, 11) is 1.51. The molecule has 2 rings (SSSR count). The van der Waals surface area contributed by atoms with E-state index in [0.29, 0.717) is 28.6 Å². The monoisotopic (exact) mass is 299 g/mol. The molecule has 1 aromatic rings. The van der Waals surface area contributed by atoms with Gasteiger partial charge in [-0.1, -0.05) is 0 Å². The number of hydrogen-bond acceptors (Lipinski definition) is 3. The van der Waals surface area contributed by atoms with E-state index in [1.807, 2.05) is 0 Å². The highest BCUT2D eigenvalue weighted by Crippen LogP contribution is 2.49. The molecule has 3 nitrogen and oxygen atoms in total. The van der Waals surface area contributed by atoms with Gasteiger partial charge in [0.15, 0.2) is 0 Å². The van der Waals surface area contributed by atoms with Crippen LogP contribution >= 0.6 is 15.9 Å². The van der Waals surface area contributed by atoms with Gasteiger partial charge in [0.25, 0.3) is 0 Å². The first-order valence-electron chi connectivity index (χ1n) is 5.25. The predicted octanol–water partition coefficient (Wildman–Crippen LogP) is 3.31. The number of nitrogens with zero attached hydrogens (tertiary/aromatic N) is 1. The van der Waals surface area contributed by atoms with Crippen LogP contribution in [0.1, 0.15) is 24.8 Å². The zero-order valence-electron chi connectivity index (χ0n) is 9.30. The first-order valence-corrected chi connectivity index (χ1v) is 6.05. The zero-order chi connectivity index (χ0) is 12.5. The highest BCUT2D eigenvalue weighted by Gasteiger charge is 2.41. The Morgan fingerprint density at radius 2 is 2.24 bits per heavy atom. The maximum Gasteiger partial charge on any atom is 0.235 e. The maximum atomic E-state index is 13.4. The van der Waals surface area contributed by atoms with Crippen LogP contribution in [-0.2, 0) is 10.3 Å². The fourth-order valence-electron chi connectivity index (χ4n) is 2.15. The van der Waals surface area contributed by atoms with Crippen LogP contribution in [0.5, 0.6) is 5.75 Å². The third-order valence-electron chi connectivity index (χ3n) is 3.15. The molecule has 0 bridgehead atoms. The Labute approximate surface area is 107 Å². The largest absolute Gasteiger partial charge is 0.495 e. The fourth-order valence-corrected chi connectivity index (χ4v) is 2.75. The lowest BCUT2D eigenvalue weighted by Gasteiger charge is -2.38. The normalized spacial score (nSPS) is 16.9. The molecule has 0 amide bonds. The molecular formula is C12H11BrFNO2. The van der Waals surface area contributed by atoms with Crippen molar-refractivity contribution < 1.29 is 13.9 Å². The van der Waals surface area contributed by atoms with Crippen LogP contribution in [0.4, 0.5) is 4.39 Å². The van der Waals surface area contributed by atoms with Gasteiger partial charge in [-0.15, -0.1) is 0 Å². The van der Waals surface area contributed by atoms with E-state index in [9.17, 15) is 9.18 Å². The topological polar surface area (TPSA) is 38.7 Å². The van der Waals surface area contributed by atoms with Crippen LogP contribution in [0.2, 0.25) is 0 Å². The van der Waals surface area contributed by atoms with Gasteiger partial charge in [-0.05, 0) is 47.3 Å². The second-order valence-corrected chi connectivity index (χ2v) is 4.91. The van der Waals surface area contributed by atoms with Gasteiger partial charge in [-0.2, -0.15) is 4.99 Å². The number of carbonyl (C=O) groups excluding carboxylic acids is 1. The molecule has 0 aromatic heterocycles. The van der Waals surface area contributed by atoms with Crippen LogP contribution in [0.15, 0.2) is 21.6 Å². The molecule has 0 spiro atoms. The molecule has 1 aliphatic rings. The first-order chi connectivity index (χ1) is 8.13. The molecule has 1 saturated carbocycles. The summed E-state index contributed by atoms with van der Waals surface area (Å²) < 4.78 is 19.2. The Balaban J connectivity index is 2.60. The fraction of sp³-hybridized carbons (Fsp3) is 0.417. The van der Waals surface area contributed by atoms with Gasteiger partial charge in [-0.25, -0.2) is 9.18 Å². The average molecular weight is 300 g/mol. The minimum absolute atomic E-state index is 0.375. The number of ether oxygens (including phenoxy) is 1. The summed E-state index contributed by atoms with van der Waals surface area (Å²) in [5.41, 5.74) is -0.0426. The van der Waals surface area contributed by atoms with Crippen LogP contribution < -0.4 is 4.74 Å². The number of benzene rings is 1. The number of halogens is 2. The number of rotatable bonds is 3. The molecule has 1 fully saturated rings. The summed E-state index contributed by atoms with van der Waals surface area (Å²) in [6, 6.07) is 2.71. The molecule has 0 aliphatic heterocycles. The summed E-state index contributed by atoms with van der Waals surface area (Å²) in [5.74, 6) is 0.158. The lowest BCUT2D eigenvalue weighted by Crippen LogP contribution is -2.32. The smallest absolute Gasteiger partial charge is 0.235 e. The van der Waals surface area contributed by atoms with E-state index < -0.39 is 5.54 Å². The molecule has 1 aromatic carbocycles. The molecule has 0 heterocycles. The van der Waals surface area contributed by atoms with E-state index in [4.69, 9.17) is 4.74 Å². The van der Waals surface area contributed by atoms with Crippen LogP contribution in [-0.4, -0.2) is 13.2 Å². The number of methoxy groups -OCH3 is 1. The third-order valence-corrected chi connectivity index (χ3v) is 3.74. The second-order valence-electron chi connectivity index (χ2n) is 4.06. The molecule has 0 atom stereocenters. The van der Waals surface area contributed by atoms with Gasteiger partial charge in [0.2, 0.25) is 6.08 Å². The van der Waals surface area contributed by atoms with Crippen molar-refractivity contribution in [3.05, 3.63) is 28.0 Å². The van der Waals surface area contributed by atoms with E-state index in [-0.39, 0.29) is 5.82 Å². The van der Waals surface area contributed by atoms with Crippen molar-refractivity contribution in [3.63, 3.8) is 0 Å². The van der Waals surface area contributed by atoms with Crippen molar-refractivity contribution in [2.45, 2.75) is 24.8 Å². The minimum Gasteiger partial charge on any atom is -0.495 e. The Morgan fingerprint density at radius 3 is 2.71 bits per heavy atom. The second kappa shape index (κ2) is 4.59. The molecule has 5 heteroatoms. The van der Waals surface area contributed by atoms with E-state index in [1.54, 1.807) is 6.08 Å². The maximum absolute atomic E-state index is 13.4. The van der Waals surface area contributed by atoms with E-state index in [2.05, 4.69) is 20.9 Å². The lowest BCUT2D eigenvalue weighted by atomic mass is 9.72. The molecule has 17 heavy (non-hydrogen) atoms. The Morgan fingerprint density at radius 1 is 1.53 bits per heavy atom. The van der Waals surface area contributed by atoms with Gasteiger partial charge in [0.1, 0.15) is 17.1 Å². The van der Waals surface area contributed by atoms with Crippen LogP contribution in [0.3, 0.4) is 0 Å². The average Bonchev–Trinajstić information content (AvgIpc) is 2.22. The quantitative estimate of drug-likeness (QED) is 0.634. The van der Waals surface area contributed by atoms with E-state index in [0.717, 1.165) is 6.42 Å². The van der Waals surface area contributed by atoms with Gasteiger partial charge >= 0.3 is 0 Å². The highest BCUT2D eigenvalue weighted by atomic mass is 79.9. The zero-order valence-corrected chi connectivity index (χ0v) is 10.9. The summed E-state index contributed by atoms with van der Waals surface area (Å²) in [6.07, 6.45) is 3.98. The molecule has 0 radical (unpaired) electrons. The number of isocyanates is 1. The number of hydrogen-bond donors (Lipinski definition) is 0. The van der Waals surface area contributed by atoms with Crippen molar-refractivity contribution >= 4 is 22.0 Å². The molecule has 0 saturated heterocycles. The predicted molar refractivity (Wildman–Crippen MR) is 64.3 cm³/mol. The molecule has 0 unspecified atom stereocenters. The summed E-state index contributed by atoms with van der Waals surface area (Å²) in [6.45, 7) is 0. The third kappa shape index (κ3) is 2.01. The molecule has 0 N–H and O–H groups in total.